The van der Waals surface area contributed by atoms with E-state index in [4.69, 9.17) is 5.73 Å². The Bertz CT molecular complexity index is 282. The Hall–Kier alpha value is -1.12. The van der Waals surface area contributed by atoms with Gasteiger partial charge in [0.05, 0.1) is 5.69 Å². The number of hydrogen-bond donors (Lipinski definition) is 1. The van der Waals surface area contributed by atoms with Crippen molar-refractivity contribution in [1.29, 1.82) is 0 Å². The average Bonchev–Trinajstić information content (AvgIpc) is 3.04. The lowest BCUT2D eigenvalue weighted by Crippen LogP contribution is -2.05. The number of aromatic nitrogens is 2. The van der Waals surface area contributed by atoms with Gasteiger partial charge in [0.25, 0.3) is 0 Å². The zero-order valence-electron chi connectivity index (χ0n) is 9.20. The summed E-state index contributed by atoms with van der Waals surface area (Å²) in [5.74, 6) is 1.87. The lowest BCUT2D eigenvalue weighted by molar-refractivity contribution is 0.643. The summed E-state index contributed by atoms with van der Waals surface area (Å²) < 4.78 is 0. The highest BCUT2D eigenvalue weighted by Crippen LogP contribution is 2.42. The summed E-state index contributed by atoms with van der Waals surface area (Å²) in [5.41, 5.74) is 6.69. The first-order valence-electron chi connectivity index (χ1n) is 5.35. The number of nitrogens with two attached hydrogens (primary N) is 1. The Morgan fingerprint density at radius 2 is 1.86 bits per heavy atom. The molecule has 0 aromatic carbocycles. The highest BCUT2D eigenvalue weighted by atomic mass is 14.9. The third kappa shape index (κ3) is 2.44. The largest absolute Gasteiger partial charge is 0.382 e. The van der Waals surface area contributed by atoms with Crippen LogP contribution in [0.3, 0.4) is 0 Å². The molecule has 0 radical (unpaired) electrons. The first kappa shape index (κ1) is 11.0. The molecule has 1 aliphatic rings. The fourth-order valence-electron chi connectivity index (χ4n) is 1.53. The maximum Gasteiger partial charge on any atom is 0.145 e. The molecule has 0 amide bonds. The van der Waals surface area contributed by atoms with Crippen molar-refractivity contribution in [2.75, 3.05) is 5.73 Å². The lowest BCUT2D eigenvalue weighted by atomic mass is 10.0. The lowest BCUT2D eigenvalue weighted by Gasteiger charge is -2.09. The predicted molar refractivity (Wildman–Crippen MR) is 58.9 cm³/mol. The quantitative estimate of drug-likeness (QED) is 0.785. The van der Waals surface area contributed by atoms with Gasteiger partial charge < -0.3 is 5.73 Å². The van der Waals surface area contributed by atoms with Gasteiger partial charge in [-0.3, -0.25) is 4.98 Å². The van der Waals surface area contributed by atoms with Crippen molar-refractivity contribution in [3.63, 3.8) is 0 Å². The van der Waals surface area contributed by atoms with Gasteiger partial charge in [0.15, 0.2) is 0 Å². The molecule has 1 aliphatic carbocycles. The topological polar surface area (TPSA) is 51.8 Å². The van der Waals surface area contributed by atoms with Crippen LogP contribution in [0, 0.1) is 5.92 Å². The van der Waals surface area contributed by atoms with Crippen molar-refractivity contribution in [1.82, 2.24) is 9.97 Å². The second-order valence-corrected chi connectivity index (χ2v) is 3.45. The van der Waals surface area contributed by atoms with Gasteiger partial charge in [0.2, 0.25) is 0 Å². The van der Waals surface area contributed by atoms with Gasteiger partial charge in [-0.1, -0.05) is 20.8 Å². The molecule has 1 fully saturated rings. The maximum atomic E-state index is 5.71. The van der Waals surface area contributed by atoms with Crippen molar-refractivity contribution in [3.8, 4) is 0 Å². The van der Waals surface area contributed by atoms with Crippen molar-refractivity contribution < 1.29 is 0 Å². The van der Waals surface area contributed by atoms with Crippen LogP contribution in [0.25, 0.3) is 0 Å². The molecule has 1 unspecified atom stereocenters. The van der Waals surface area contributed by atoms with E-state index < -0.39 is 0 Å². The van der Waals surface area contributed by atoms with Crippen molar-refractivity contribution >= 4 is 5.82 Å². The molecule has 2 rings (SSSR count). The minimum absolute atomic E-state index is 0.485. The van der Waals surface area contributed by atoms with E-state index in [0.717, 1.165) is 11.6 Å². The van der Waals surface area contributed by atoms with Crippen LogP contribution in [0.1, 0.15) is 45.2 Å². The molecule has 3 heteroatoms. The van der Waals surface area contributed by atoms with E-state index in [1.165, 1.54) is 12.8 Å². The zero-order valence-corrected chi connectivity index (χ0v) is 9.20. The van der Waals surface area contributed by atoms with E-state index in [1.54, 1.807) is 12.4 Å². The van der Waals surface area contributed by atoms with Crippen LogP contribution in [0.4, 0.5) is 5.82 Å². The monoisotopic (exact) mass is 193 g/mol. The average molecular weight is 193 g/mol. The second kappa shape index (κ2) is 4.94. The van der Waals surface area contributed by atoms with Crippen LogP contribution < -0.4 is 5.73 Å². The number of nitrogen functional groups attached to an aromatic ring is 1. The molecule has 0 spiro atoms. The van der Waals surface area contributed by atoms with Crippen LogP contribution in [0.15, 0.2) is 12.4 Å². The van der Waals surface area contributed by atoms with Crippen molar-refractivity contribution in [3.05, 3.63) is 18.1 Å². The normalized spacial score (nSPS) is 16.8. The highest BCUT2D eigenvalue weighted by Gasteiger charge is 2.30. The van der Waals surface area contributed by atoms with Crippen molar-refractivity contribution in [2.24, 2.45) is 5.92 Å². The molecule has 14 heavy (non-hydrogen) atoms. The first-order valence-corrected chi connectivity index (χ1v) is 5.35. The maximum absolute atomic E-state index is 5.71. The fraction of sp³-hybridized carbons (Fsp3) is 0.636. The zero-order chi connectivity index (χ0) is 10.6. The van der Waals surface area contributed by atoms with Gasteiger partial charge in [0.1, 0.15) is 5.82 Å². The van der Waals surface area contributed by atoms with E-state index in [0.29, 0.717) is 11.7 Å². The van der Waals surface area contributed by atoms with Crippen LogP contribution in [0.2, 0.25) is 0 Å². The minimum Gasteiger partial charge on any atom is -0.382 e. The van der Waals surface area contributed by atoms with Crippen molar-refractivity contribution in [2.45, 2.75) is 39.5 Å². The van der Waals surface area contributed by atoms with Crippen LogP contribution in [0.5, 0.6) is 0 Å². The molecule has 1 aromatic heterocycles. The molecule has 0 saturated heterocycles. The third-order valence-corrected chi connectivity index (χ3v) is 2.52. The number of hydrogen-bond acceptors (Lipinski definition) is 3. The molecule has 2 N–H and O–H groups in total. The fourth-order valence-corrected chi connectivity index (χ4v) is 1.53. The summed E-state index contributed by atoms with van der Waals surface area (Å²) in [6, 6.07) is 0. The summed E-state index contributed by atoms with van der Waals surface area (Å²) in [4.78, 5) is 8.28. The van der Waals surface area contributed by atoms with Gasteiger partial charge >= 0.3 is 0 Å². The minimum atomic E-state index is 0.485. The van der Waals surface area contributed by atoms with Gasteiger partial charge in [-0.2, -0.15) is 0 Å². The highest BCUT2D eigenvalue weighted by molar-refractivity contribution is 5.36. The summed E-state index contributed by atoms with van der Waals surface area (Å²) in [6.45, 7) is 6.18. The van der Waals surface area contributed by atoms with Gasteiger partial charge in [-0.15, -0.1) is 0 Å². The smallest absolute Gasteiger partial charge is 0.145 e. The molecule has 78 valence electrons. The van der Waals surface area contributed by atoms with Gasteiger partial charge in [0, 0.05) is 18.3 Å². The van der Waals surface area contributed by atoms with E-state index >= 15 is 0 Å². The number of anilines is 1. The van der Waals surface area contributed by atoms with E-state index in [1.807, 2.05) is 13.8 Å². The Kier molecular flexibility index (Phi) is 3.86. The molecule has 1 aromatic rings. The Balaban J connectivity index is 0.000000461. The summed E-state index contributed by atoms with van der Waals surface area (Å²) in [7, 11) is 0. The summed E-state index contributed by atoms with van der Waals surface area (Å²) in [5, 5.41) is 0. The molecule has 1 heterocycles. The molecule has 1 atom stereocenters. The number of rotatable bonds is 2. The van der Waals surface area contributed by atoms with Gasteiger partial charge in [-0.05, 0) is 18.8 Å². The van der Waals surface area contributed by atoms with E-state index in [-0.39, 0.29) is 0 Å². The summed E-state index contributed by atoms with van der Waals surface area (Å²) >= 11 is 0. The van der Waals surface area contributed by atoms with Gasteiger partial charge in [-0.25, -0.2) is 4.98 Å². The number of nitrogens with zero attached hydrogens (tertiary/aromatic N) is 2. The molecule has 1 saturated carbocycles. The van der Waals surface area contributed by atoms with E-state index in [2.05, 4.69) is 16.9 Å². The Labute approximate surface area is 85.8 Å². The van der Waals surface area contributed by atoms with E-state index in [9.17, 15) is 0 Å². The Morgan fingerprint density at radius 1 is 1.29 bits per heavy atom. The predicted octanol–water partition coefficient (Wildman–Crippen LogP) is 2.60. The standard InChI is InChI=1S/C9H13N3.C2H6/c1-6(7-2-3-7)8-9(10)12-5-4-11-8;1-2/h4-7H,2-3H2,1H3,(H2,10,12);1-2H3. The molecular formula is C11H19N3. The molecule has 0 bridgehead atoms. The second-order valence-electron chi connectivity index (χ2n) is 3.45. The molecule has 3 nitrogen and oxygen atoms in total. The molecule has 0 aliphatic heterocycles. The SMILES string of the molecule is CC.CC(c1nccnc1N)C1CC1. The van der Waals surface area contributed by atoms with Crippen LogP contribution in [-0.4, -0.2) is 9.97 Å². The summed E-state index contributed by atoms with van der Waals surface area (Å²) in [6.07, 6.45) is 5.98. The third-order valence-electron chi connectivity index (χ3n) is 2.52. The van der Waals surface area contributed by atoms with Crippen LogP contribution >= 0.6 is 0 Å². The first-order chi connectivity index (χ1) is 6.79. The Morgan fingerprint density at radius 3 is 2.36 bits per heavy atom. The van der Waals surface area contributed by atoms with Crippen LogP contribution in [-0.2, 0) is 0 Å². The molecular weight excluding hydrogens is 174 g/mol.